The Morgan fingerprint density at radius 3 is 2.42 bits per heavy atom. The van der Waals surface area contributed by atoms with Crippen molar-refractivity contribution >= 4 is 17.7 Å². The largest absolute Gasteiger partial charge is 0.378 e. The SMILES string of the molecule is CN=C(NCC1CCSCC1)N1CCC(OCC2CCCC2)CC1. The van der Waals surface area contributed by atoms with E-state index in [2.05, 4.69) is 27.0 Å². The van der Waals surface area contributed by atoms with E-state index in [1.54, 1.807) is 0 Å². The van der Waals surface area contributed by atoms with Crippen molar-refractivity contribution in [2.24, 2.45) is 16.8 Å². The number of piperidine rings is 1. The van der Waals surface area contributed by atoms with Gasteiger partial charge in [0, 0.05) is 33.3 Å². The zero-order chi connectivity index (χ0) is 16.6. The lowest BCUT2D eigenvalue weighted by atomic mass is 10.0. The van der Waals surface area contributed by atoms with E-state index in [9.17, 15) is 0 Å². The van der Waals surface area contributed by atoms with Crippen LogP contribution in [0.2, 0.25) is 0 Å². The van der Waals surface area contributed by atoms with E-state index in [1.165, 1.54) is 50.0 Å². The van der Waals surface area contributed by atoms with E-state index in [-0.39, 0.29) is 0 Å². The number of ether oxygens (including phenoxy) is 1. The molecular formula is C19H35N3OS. The molecular weight excluding hydrogens is 318 g/mol. The number of likely N-dealkylation sites (tertiary alicyclic amines) is 1. The normalized spacial score (nSPS) is 25.4. The summed E-state index contributed by atoms with van der Waals surface area (Å²) in [7, 11) is 1.92. The molecule has 0 spiro atoms. The number of hydrogen-bond donors (Lipinski definition) is 1. The van der Waals surface area contributed by atoms with E-state index < -0.39 is 0 Å². The summed E-state index contributed by atoms with van der Waals surface area (Å²) >= 11 is 2.10. The molecule has 5 heteroatoms. The molecule has 3 aliphatic rings. The van der Waals surface area contributed by atoms with Gasteiger partial charge in [0.25, 0.3) is 0 Å². The van der Waals surface area contributed by atoms with E-state index in [0.29, 0.717) is 6.10 Å². The van der Waals surface area contributed by atoms with Crippen LogP contribution >= 0.6 is 11.8 Å². The highest BCUT2D eigenvalue weighted by Crippen LogP contribution is 2.26. The van der Waals surface area contributed by atoms with Crippen molar-refractivity contribution in [3.63, 3.8) is 0 Å². The van der Waals surface area contributed by atoms with Crippen LogP contribution in [-0.4, -0.2) is 61.8 Å². The Kier molecular flexibility index (Phi) is 7.58. The van der Waals surface area contributed by atoms with Gasteiger partial charge in [-0.05, 0) is 61.9 Å². The molecule has 138 valence electrons. The molecule has 3 fully saturated rings. The van der Waals surface area contributed by atoms with Gasteiger partial charge in [-0.3, -0.25) is 4.99 Å². The van der Waals surface area contributed by atoms with Crippen LogP contribution in [0, 0.1) is 11.8 Å². The van der Waals surface area contributed by atoms with Crippen LogP contribution in [0.1, 0.15) is 51.4 Å². The average molecular weight is 354 g/mol. The predicted octanol–water partition coefficient (Wildman–Crippen LogP) is 3.38. The molecule has 1 aliphatic carbocycles. The van der Waals surface area contributed by atoms with Crippen LogP contribution in [0.15, 0.2) is 4.99 Å². The molecule has 24 heavy (non-hydrogen) atoms. The number of nitrogens with zero attached hydrogens (tertiary/aromatic N) is 2. The first-order chi connectivity index (χ1) is 11.8. The molecule has 0 amide bonds. The first-order valence-electron chi connectivity index (χ1n) is 10.00. The lowest BCUT2D eigenvalue weighted by Gasteiger charge is -2.35. The van der Waals surface area contributed by atoms with Gasteiger partial charge in [-0.2, -0.15) is 11.8 Å². The third kappa shape index (κ3) is 5.55. The van der Waals surface area contributed by atoms with Crippen LogP contribution in [-0.2, 0) is 4.74 Å². The molecule has 4 nitrogen and oxygen atoms in total. The Bertz CT molecular complexity index is 384. The molecule has 2 aliphatic heterocycles. The summed E-state index contributed by atoms with van der Waals surface area (Å²) in [6.45, 7) is 4.24. The van der Waals surface area contributed by atoms with Crippen molar-refractivity contribution in [2.75, 3.05) is 44.8 Å². The van der Waals surface area contributed by atoms with Gasteiger partial charge in [-0.25, -0.2) is 0 Å². The highest BCUT2D eigenvalue weighted by Gasteiger charge is 2.24. The monoisotopic (exact) mass is 353 g/mol. The summed E-state index contributed by atoms with van der Waals surface area (Å²) in [4.78, 5) is 6.94. The highest BCUT2D eigenvalue weighted by atomic mass is 32.2. The Balaban J connectivity index is 1.34. The molecule has 0 bridgehead atoms. The molecule has 3 rings (SSSR count). The highest BCUT2D eigenvalue weighted by molar-refractivity contribution is 7.99. The maximum absolute atomic E-state index is 6.19. The van der Waals surface area contributed by atoms with Crippen molar-refractivity contribution in [1.29, 1.82) is 0 Å². The molecule has 2 heterocycles. The molecule has 0 radical (unpaired) electrons. The van der Waals surface area contributed by atoms with Crippen LogP contribution in [0.5, 0.6) is 0 Å². The Labute approximate surface area is 152 Å². The van der Waals surface area contributed by atoms with Crippen molar-refractivity contribution < 1.29 is 4.74 Å². The van der Waals surface area contributed by atoms with Crippen LogP contribution in [0.3, 0.4) is 0 Å². The maximum atomic E-state index is 6.19. The molecule has 0 aromatic heterocycles. The zero-order valence-corrected chi connectivity index (χ0v) is 16.2. The van der Waals surface area contributed by atoms with Crippen LogP contribution in [0.25, 0.3) is 0 Å². The Morgan fingerprint density at radius 2 is 1.75 bits per heavy atom. The van der Waals surface area contributed by atoms with Gasteiger partial charge in [0.15, 0.2) is 5.96 Å². The first kappa shape index (κ1) is 18.4. The number of nitrogens with one attached hydrogen (secondary N) is 1. The predicted molar refractivity (Wildman–Crippen MR) is 104 cm³/mol. The molecule has 0 unspecified atom stereocenters. The Morgan fingerprint density at radius 1 is 1.04 bits per heavy atom. The maximum Gasteiger partial charge on any atom is 0.193 e. The van der Waals surface area contributed by atoms with Gasteiger partial charge in [0.05, 0.1) is 6.10 Å². The van der Waals surface area contributed by atoms with Gasteiger partial charge >= 0.3 is 0 Å². The molecule has 1 saturated carbocycles. The van der Waals surface area contributed by atoms with Gasteiger partial charge in [-0.15, -0.1) is 0 Å². The second kappa shape index (κ2) is 9.91. The number of hydrogen-bond acceptors (Lipinski definition) is 3. The lowest BCUT2D eigenvalue weighted by Crippen LogP contribution is -2.48. The number of thioether (sulfide) groups is 1. The van der Waals surface area contributed by atoms with E-state index in [4.69, 9.17) is 4.74 Å². The number of guanidine groups is 1. The van der Waals surface area contributed by atoms with Crippen molar-refractivity contribution in [3.8, 4) is 0 Å². The second-order valence-electron chi connectivity index (χ2n) is 7.65. The molecule has 0 aromatic carbocycles. The summed E-state index contributed by atoms with van der Waals surface area (Å²) in [5.41, 5.74) is 0. The van der Waals surface area contributed by atoms with E-state index >= 15 is 0 Å². The summed E-state index contributed by atoms with van der Waals surface area (Å²) < 4.78 is 6.19. The second-order valence-corrected chi connectivity index (χ2v) is 8.88. The first-order valence-corrected chi connectivity index (χ1v) is 11.2. The van der Waals surface area contributed by atoms with Crippen molar-refractivity contribution in [2.45, 2.75) is 57.5 Å². The molecule has 0 aromatic rings. The number of aliphatic imine (C=N–C) groups is 1. The fourth-order valence-corrected chi connectivity index (χ4v) is 5.41. The fraction of sp³-hybridized carbons (Fsp3) is 0.947. The van der Waals surface area contributed by atoms with Gasteiger partial charge < -0.3 is 15.0 Å². The minimum Gasteiger partial charge on any atom is -0.378 e. The van der Waals surface area contributed by atoms with E-state index in [1.807, 2.05) is 7.05 Å². The average Bonchev–Trinajstić information content (AvgIpc) is 3.16. The van der Waals surface area contributed by atoms with Gasteiger partial charge in [0.1, 0.15) is 0 Å². The van der Waals surface area contributed by atoms with Crippen molar-refractivity contribution in [1.82, 2.24) is 10.2 Å². The summed E-state index contributed by atoms with van der Waals surface area (Å²) in [5.74, 6) is 5.42. The van der Waals surface area contributed by atoms with Gasteiger partial charge in [-0.1, -0.05) is 12.8 Å². The fourth-order valence-electron chi connectivity index (χ4n) is 4.20. The Hall–Kier alpha value is -0.420. The van der Waals surface area contributed by atoms with Gasteiger partial charge in [0.2, 0.25) is 0 Å². The van der Waals surface area contributed by atoms with Crippen molar-refractivity contribution in [3.05, 3.63) is 0 Å². The van der Waals surface area contributed by atoms with Crippen LogP contribution in [0.4, 0.5) is 0 Å². The summed E-state index contributed by atoms with van der Waals surface area (Å²) in [6, 6.07) is 0. The topological polar surface area (TPSA) is 36.9 Å². The lowest BCUT2D eigenvalue weighted by molar-refractivity contribution is 0.000995. The van der Waals surface area contributed by atoms with Crippen LogP contribution < -0.4 is 5.32 Å². The minimum atomic E-state index is 0.468. The summed E-state index contributed by atoms with van der Waals surface area (Å²) in [5, 5.41) is 3.63. The quantitative estimate of drug-likeness (QED) is 0.607. The van der Waals surface area contributed by atoms with E-state index in [0.717, 1.165) is 56.9 Å². The third-order valence-corrected chi connectivity index (χ3v) is 6.93. The smallest absolute Gasteiger partial charge is 0.193 e. The minimum absolute atomic E-state index is 0.468. The molecule has 2 saturated heterocycles. The third-order valence-electron chi connectivity index (χ3n) is 5.89. The number of rotatable bonds is 5. The molecule has 1 N–H and O–H groups in total. The standard InChI is InChI=1S/C19H35N3OS/c1-20-19(21-14-16-8-12-24-13-9-16)22-10-6-18(7-11-22)23-15-17-4-2-3-5-17/h16-18H,2-15H2,1H3,(H,20,21). The molecule has 0 atom stereocenters. The zero-order valence-electron chi connectivity index (χ0n) is 15.3. The summed E-state index contributed by atoms with van der Waals surface area (Å²) in [6.07, 6.45) is 11.1.